The Morgan fingerprint density at radius 2 is 1.39 bits per heavy atom. The Bertz CT molecular complexity index is 881. The van der Waals surface area contributed by atoms with Gasteiger partial charge >= 0.3 is 0 Å². The molecule has 0 amide bonds. The summed E-state index contributed by atoms with van der Waals surface area (Å²) >= 11 is 0. The minimum absolute atomic E-state index is 0.0610. The van der Waals surface area contributed by atoms with E-state index in [1.807, 2.05) is 0 Å². The van der Waals surface area contributed by atoms with Gasteiger partial charge in [0.05, 0.1) is 6.10 Å². The molecule has 6 fully saturated rings. The highest BCUT2D eigenvalue weighted by molar-refractivity contribution is 5.31. The van der Waals surface area contributed by atoms with Gasteiger partial charge in [-0.1, -0.05) is 53.7 Å². The Labute approximate surface area is 221 Å². The maximum atomic E-state index is 7.11. The summed E-state index contributed by atoms with van der Waals surface area (Å²) in [5, 5.41) is 0. The predicted molar refractivity (Wildman–Crippen MR) is 148 cm³/mol. The average Bonchev–Trinajstić information content (AvgIpc) is 3.39. The van der Waals surface area contributed by atoms with Crippen LogP contribution in [0.25, 0.3) is 0 Å². The van der Waals surface area contributed by atoms with Crippen molar-refractivity contribution in [3.05, 3.63) is 29.8 Å². The minimum Gasteiger partial charge on any atom is -0.464 e. The molecule has 1 aromatic carbocycles. The molecule has 0 N–H and O–H groups in total. The normalized spacial score (nSPS) is 38.9. The van der Waals surface area contributed by atoms with E-state index in [0.717, 1.165) is 35.3 Å². The highest BCUT2D eigenvalue weighted by Gasteiger charge is 2.57. The lowest BCUT2D eigenvalue weighted by Crippen LogP contribution is -2.55. The first-order valence-electron chi connectivity index (χ1n) is 15.4. The van der Waals surface area contributed by atoms with Gasteiger partial charge in [0.15, 0.2) is 0 Å². The van der Waals surface area contributed by atoms with E-state index in [9.17, 15) is 0 Å². The topological polar surface area (TPSA) is 18.5 Å². The smallest absolute Gasteiger partial charge is 0.205 e. The van der Waals surface area contributed by atoms with Crippen LogP contribution in [-0.2, 0) is 4.74 Å². The quantitative estimate of drug-likeness (QED) is 0.353. The predicted octanol–water partition coefficient (Wildman–Crippen LogP) is 9.38. The third kappa shape index (κ3) is 5.02. The Balaban J connectivity index is 1.24. The molecule has 36 heavy (non-hydrogen) atoms. The second-order valence-corrected chi connectivity index (χ2v) is 16.3. The first-order chi connectivity index (χ1) is 17.0. The van der Waals surface area contributed by atoms with Crippen LogP contribution in [0.5, 0.6) is 5.75 Å². The fourth-order valence-corrected chi connectivity index (χ4v) is 9.71. The van der Waals surface area contributed by atoms with Crippen LogP contribution in [0.15, 0.2) is 24.3 Å². The van der Waals surface area contributed by atoms with Crippen LogP contribution < -0.4 is 4.74 Å². The Kier molecular flexibility index (Phi) is 6.34. The van der Waals surface area contributed by atoms with Gasteiger partial charge in [0.2, 0.25) is 6.29 Å². The fraction of sp³-hybridized carbons (Fsp3) is 0.824. The molecule has 7 rings (SSSR count). The molecule has 0 heterocycles. The molecule has 0 spiro atoms. The third-order valence-electron chi connectivity index (χ3n) is 10.9. The molecule has 6 aliphatic carbocycles. The molecule has 5 unspecified atom stereocenters. The molecule has 1 aromatic rings. The summed E-state index contributed by atoms with van der Waals surface area (Å²) in [5.74, 6) is 5.99. The lowest BCUT2D eigenvalue weighted by atomic mass is 9.49. The summed E-state index contributed by atoms with van der Waals surface area (Å²) in [6, 6.07) is 9.22. The molecule has 0 radical (unpaired) electrons. The van der Waals surface area contributed by atoms with Gasteiger partial charge in [-0.2, -0.15) is 0 Å². The minimum atomic E-state index is -0.0610. The lowest BCUT2D eigenvalue weighted by Gasteiger charge is -2.58. The molecule has 2 heteroatoms. The number of benzene rings is 1. The molecule has 6 saturated carbocycles. The molecule has 0 saturated heterocycles. The van der Waals surface area contributed by atoms with E-state index < -0.39 is 0 Å². The molecular formula is C34H52O2. The summed E-state index contributed by atoms with van der Waals surface area (Å²) in [4.78, 5) is 0. The van der Waals surface area contributed by atoms with E-state index in [-0.39, 0.29) is 17.1 Å². The van der Waals surface area contributed by atoms with Gasteiger partial charge < -0.3 is 9.47 Å². The lowest BCUT2D eigenvalue weighted by molar-refractivity contribution is -0.238. The highest BCUT2D eigenvalue weighted by Crippen LogP contribution is 2.62. The zero-order chi connectivity index (χ0) is 25.3. The van der Waals surface area contributed by atoms with Gasteiger partial charge in [0.25, 0.3) is 0 Å². The van der Waals surface area contributed by atoms with Gasteiger partial charge in [-0.05, 0) is 135 Å². The summed E-state index contributed by atoms with van der Waals surface area (Å²) < 4.78 is 14.1. The monoisotopic (exact) mass is 492 g/mol. The van der Waals surface area contributed by atoms with Crippen LogP contribution in [0.3, 0.4) is 0 Å². The molecule has 5 atom stereocenters. The second kappa shape index (κ2) is 9.03. The number of ether oxygens (including phenoxy) is 2. The van der Waals surface area contributed by atoms with E-state index in [4.69, 9.17) is 9.47 Å². The molecular weight excluding hydrogens is 440 g/mol. The molecule has 0 aromatic heterocycles. The molecule has 6 aliphatic rings. The number of rotatable bonds is 7. The standard InChI is InChI=1S/C34H52O2/c1-32(2,3)21-29(33(4,5)6)26-9-11-28(12-10-26)35-31(36-30-17-22-7-8-27(30)16-22)34-18-23-13-24(19-34)15-25(14-23)20-34/h9-12,22-25,27,29-31H,7-8,13-21H2,1-6H3. The zero-order valence-corrected chi connectivity index (χ0v) is 24.0. The molecule has 2 nitrogen and oxygen atoms in total. The number of hydrogen-bond acceptors (Lipinski definition) is 2. The van der Waals surface area contributed by atoms with Gasteiger partial charge in [-0.3, -0.25) is 0 Å². The van der Waals surface area contributed by atoms with Crippen molar-refractivity contribution in [1.82, 2.24) is 0 Å². The molecule has 200 valence electrons. The van der Waals surface area contributed by atoms with Crippen LogP contribution >= 0.6 is 0 Å². The van der Waals surface area contributed by atoms with E-state index in [1.54, 1.807) is 0 Å². The van der Waals surface area contributed by atoms with Crippen molar-refractivity contribution in [2.45, 2.75) is 130 Å². The highest BCUT2D eigenvalue weighted by atomic mass is 16.7. The maximum Gasteiger partial charge on any atom is 0.205 e. The van der Waals surface area contributed by atoms with Crippen molar-refractivity contribution in [2.75, 3.05) is 0 Å². The SMILES string of the molecule is CC(C)(C)CC(c1ccc(OC(OC2CC3CCC2C3)C23CC4CC(CC(C4)C2)C3)cc1)C(C)(C)C. The summed E-state index contributed by atoms with van der Waals surface area (Å²) in [6.45, 7) is 14.3. The Hall–Kier alpha value is -1.02. The van der Waals surface area contributed by atoms with Gasteiger partial charge in [-0.25, -0.2) is 0 Å². The number of hydrogen-bond donors (Lipinski definition) is 0. The van der Waals surface area contributed by atoms with Gasteiger partial charge in [-0.15, -0.1) is 0 Å². The summed E-state index contributed by atoms with van der Waals surface area (Å²) in [5.41, 5.74) is 2.24. The first kappa shape index (κ1) is 25.3. The van der Waals surface area contributed by atoms with Crippen LogP contribution in [0, 0.1) is 45.8 Å². The van der Waals surface area contributed by atoms with Crippen LogP contribution in [0.4, 0.5) is 0 Å². The van der Waals surface area contributed by atoms with Crippen molar-refractivity contribution in [3.63, 3.8) is 0 Å². The van der Waals surface area contributed by atoms with E-state index >= 15 is 0 Å². The van der Waals surface area contributed by atoms with Crippen molar-refractivity contribution < 1.29 is 9.47 Å². The van der Waals surface area contributed by atoms with Gasteiger partial charge in [0, 0.05) is 5.41 Å². The van der Waals surface area contributed by atoms with E-state index in [1.165, 1.54) is 76.2 Å². The second-order valence-electron chi connectivity index (χ2n) is 16.3. The van der Waals surface area contributed by atoms with Gasteiger partial charge in [0.1, 0.15) is 5.75 Å². The fourth-order valence-electron chi connectivity index (χ4n) is 9.71. The average molecular weight is 493 g/mol. The Morgan fingerprint density at radius 1 is 0.778 bits per heavy atom. The van der Waals surface area contributed by atoms with E-state index in [2.05, 4.69) is 65.8 Å². The van der Waals surface area contributed by atoms with Crippen LogP contribution in [0.2, 0.25) is 0 Å². The third-order valence-corrected chi connectivity index (χ3v) is 10.9. The van der Waals surface area contributed by atoms with Crippen molar-refractivity contribution >= 4 is 0 Å². The molecule has 6 bridgehead atoms. The van der Waals surface area contributed by atoms with Crippen molar-refractivity contribution in [2.24, 2.45) is 45.8 Å². The van der Waals surface area contributed by atoms with Crippen molar-refractivity contribution in [3.8, 4) is 5.75 Å². The van der Waals surface area contributed by atoms with Crippen LogP contribution in [0.1, 0.15) is 124 Å². The van der Waals surface area contributed by atoms with E-state index in [0.29, 0.717) is 17.4 Å². The largest absolute Gasteiger partial charge is 0.464 e. The Morgan fingerprint density at radius 3 is 1.86 bits per heavy atom. The maximum absolute atomic E-state index is 7.11. The van der Waals surface area contributed by atoms with Crippen LogP contribution in [-0.4, -0.2) is 12.4 Å². The first-order valence-corrected chi connectivity index (χ1v) is 15.4. The molecule has 0 aliphatic heterocycles. The summed E-state index contributed by atoms with van der Waals surface area (Å²) in [6.07, 6.45) is 15.4. The van der Waals surface area contributed by atoms with Crippen molar-refractivity contribution in [1.29, 1.82) is 0 Å². The summed E-state index contributed by atoms with van der Waals surface area (Å²) in [7, 11) is 0. The zero-order valence-electron chi connectivity index (χ0n) is 24.0. The number of fused-ring (bicyclic) bond motifs is 2.